The van der Waals surface area contributed by atoms with Crippen LogP contribution in [0, 0.1) is 6.92 Å². The lowest BCUT2D eigenvalue weighted by molar-refractivity contribution is 0.0321. The van der Waals surface area contributed by atoms with Gasteiger partial charge in [0.1, 0.15) is 17.3 Å². The Kier molecular flexibility index (Phi) is 6.24. The molecule has 0 unspecified atom stereocenters. The average molecular weight is 376 g/mol. The molecule has 2 aromatic rings. The third-order valence-electron chi connectivity index (χ3n) is 4.31. The number of aromatic nitrogens is 1. The largest absolute Gasteiger partial charge is 0.493 e. The molecule has 1 aromatic heterocycles. The van der Waals surface area contributed by atoms with E-state index >= 15 is 0 Å². The van der Waals surface area contributed by atoms with E-state index in [0.29, 0.717) is 23.8 Å². The zero-order valence-corrected chi connectivity index (χ0v) is 16.2. The standard InChI is InChI=1S/C19H24N2O4S/c1-13(22)18-14(2)26-19(20-18)15-4-5-16(23-3)17(12-15)25-11-8-21-6-9-24-10-7-21/h4-5,12H,6-11H2,1-3H3. The number of hydrogen-bond acceptors (Lipinski definition) is 7. The molecule has 0 saturated carbocycles. The normalized spacial score (nSPS) is 15.0. The Hall–Kier alpha value is -1.96. The van der Waals surface area contributed by atoms with Gasteiger partial charge in [-0.25, -0.2) is 4.98 Å². The molecule has 2 heterocycles. The van der Waals surface area contributed by atoms with Gasteiger partial charge in [0, 0.05) is 37.0 Å². The predicted octanol–water partition coefficient (Wildman–Crippen LogP) is 3.04. The summed E-state index contributed by atoms with van der Waals surface area (Å²) in [7, 11) is 1.63. The molecule has 0 atom stereocenters. The molecule has 1 aliphatic heterocycles. The highest BCUT2D eigenvalue weighted by Gasteiger charge is 2.15. The van der Waals surface area contributed by atoms with Crippen LogP contribution in [0.4, 0.5) is 0 Å². The van der Waals surface area contributed by atoms with Gasteiger partial charge in [0.15, 0.2) is 17.3 Å². The summed E-state index contributed by atoms with van der Waals surface area (Å²) in [6, 6.07) is 5.75. The first kappa shape index (κ1) is 18.8. The number of carbonyl (C=O) groups excluding carboxylic acids is 1. The van der Waals surface area contributed by atoms with Crippen LogP contribution in [0.5, 0.6) is 11.5 Å². The van der Waals surface area contributed by atoms with E-state index in [9.17, 15) is 4.79 Å². The van der Waals surface area contributed by atoms with Crippen molar-refractivity contribution < 1.29 is 19.0 Å². The van der Waals surface area contributed by atoms with E-state index in [0.717, 1.165) is 48.3 Å². The zero-order chi connectivity index (χ0) is 18.5. The molecule has 0 spiro atoms. The molecule has 1 aliphatic rings. The molecule has 1 aromatic carbocycles. The highest BCUT2D eigenvalue weighted by molar-refractivity contribution is 7.15. The summed E-state index contributed by atoms with van der Waals surface area (Å²) < 4.78 is 16.8. The molecule has 0 radical (unpaired) electrons. The van der Waals surface area contributed by atoms with Crippen molar-refractivity contribution in [1.29, 1.82) is 0 Å². The number of methoxy groups -OCH3 is 1. The number of thiazole rings is 1. The molecular formula is C19H24N2O4S. The monoisotopic (exact) mass is 376 g/mol. The van der Waals surface area contributed by atoms with Gasteiger partial charge in [-0.15, -0.1) is 11.3 Å². The van der Waals surface area contributed by atoms with E-state index in [-0.39, 0.29) is 5.78 Å². The minimum absolute atomic E-state index is 0.0134. The number of morpholine rings is 1. The SMILES string of the molecule is COc1ccc(-c2nc(C(C)=O)c(C)s2)cc1OCCN1CCOCC1. The van der Waals surface area contributed by atoms with Crippen LogP contribution in [-0.4, -0.2) is 62.2 Å². The molecule has 26 heavy (non-hydrogen) atoms. The van der Waals surface area contributed by atoms with E-state index in [1.807, 2.05) is 25.1 Å². The van der Waals surface area contributed by atoms with Crippen molar-refractivity contribution in [3.8, 4) is 22.1 Å². The number of benzene rings is 1. The van der Waals surface area contributed by atoms with Gasteiger partial charge >= 0.3 is 0 Å². The number of rotatable bonds is 7. The van der Waals surface area contributed by atoms with E-state index in [2.05, 4.69) is 9.88 Å². The maximum Gasteiger partial charge on any atom is 0.179 e. The number of aryl methyl sites for hydroxylation is 1. The summed E-state index contributed by atoms with van der Waals surface area (Å²) >= 11 is 1.51. The van der Waals surface area contributed by atoms with Crippen molar-refractivity contribution in [2.75, 3.05) is 46.6 Å². The van der Waals surface area contributed by atoms with Gasteiger partial charge in [-0.1, -0.05) is 0 Å². The van der Waals surface area contributed by atoms with Crippen molar-refractivity contribution in [2.24, 2.45) is 0 Å². The number of Topliss-reactive ketones (excluding diaryl/α,β-unsaturated/α-hetero) is 1. The highest BCUT2D eigenvalue weighted by Crippen LogP contribution is 2.35. The van der Waals surface area contributed by atoms with Gasteiger partial charge in [-0.05, 0) is 25.1 Å². The Bertz CT molecular complexity index is 769. The average Bonchev–Trinajstić information content (AvgIpc) is 3.04. The summed E-state index contributed by atoms with van der Waals surface area (Å²) in [6.07, 6.45) is 0. The number of nitrogens with zero attached hydrogens (tertiary/aromatic N) is 2. The van der Waals surface area contributed by atoms with Gasteiger partial charge in [-0.2, -0.15) is 0 Å². The summed E-state index contributed by atoms with van der Waals surface area (Å²) in [5.41, 5.74) is 1.46. The van der Waals surface area contributed by atoms with E-state index in [1.54, 1.807) is 14.0 Å². The Morgan fingerprint density at radius 3 is 2.73 bits per heavy atom. The summed E-state index contributed by atoms with van der Waals surface area (Å²) in [5, 5.41) is 0.813. The smallest absolute Gasteiger partial charge is 0.179 e. The number of hydrogen-bond donors (Lipinski definition) is 0. The predicted molar refractivity (Wildman–Crippen MR) is 102 cm³/mol. The first-order valence-electron chi connectivity index (χ1n) is 8.68. The maximum atomic E-state index is 11.7. The first-order valence-corrected chi connectivity index (χ1v) is 9.50. The molecule has 1 fully saturated rings. The van der Waals surface area contributed by atoms with Crippen LogP contribution in [0.15, 0.2) is 18.2 Å². The van der Waals surface area contributed by atoms with Crippen LogP contribution in [-0.2, 0) is 4.74 Å². The lowest BCUT2D eigenvalue weighted by Gasteiger charge is -2.26. The molecule has 0 N–H and O–H groups in total. The van der Waals surface area contributed by atoms with E-state index in [1.165, 1.54) is 11.3 Å². The Morgan fingerprint density at radius 2 is 2.08 bits per heavy atom. The van der Waals surface area contributed by atoms with Gasteiger partial charge in [0.2, 0.25) is 0 Å². The lowest BCUT2D eigenvalue weighted by Crippen LogP contribution is -2.38. The van der Waals surface area contributed by atoms with Gasteiger partial charge in [0.05, 0.1) is 20.3 Å². The number of carbonyl (C=O) groups is 1. The molecule has 1 saturated heterocycles. The minimum atomic E-state index is -0.0134. The van der Waals surface area contributed by atoms with Gasteiger partial charge in [-0.3, -0.25) is 9.69 Å². The fourth-order valence-electron chi connectivity index (χ4n) is 2.88. The Balaban J connectivity index is 1.73. The quantitative estimate of drug-likeness (QED) is 0.692. The van der Waals surface area contributed by atoms with Crippen molar-refractivity contribution >= 4 is 17.1 Å². The fourth-order valence-corrected chi connectivity index (χ4v) is 3.84. The Morgan fingerprint density at radius 1 is 1.31 bits per heavy atom. The second kappa shape index (κ2) is 8.62. The molecule has 0 bridgehead atoms. The second-order valence-corrected chi connectivity index (χ2v) is 7.35. The third kappa shape index (κ3) is 4.41. The number of ketones is 1. The molecule has 7 heteroatoms. The van der Waals surface area contributed by atoms with Crippen LogP contribution in [0.2, 0.25) is 0 Å². The molecule has 6 nitrogen and oxygen atoms in total. The third-order valence-corrected chi connectivity index (χ3v) is 5.33. The topological polar surface area (TPSA) is 60.9 Å². The van der Waals surface area contributed by atoms with Crippen LogP contribution < -0.4 is 9.47 Å². The molecule has 3 rings (SSSR count). The van der Waals surface area contributed by atoms with Crippen LogP contribution in [0.3, 0.4) is 0 Å². The molecular weight excluding hydrogens is 352 g/mol. The molecule has 0 aliphatic carbocycles. The van der Waals surface area contributed by atoms with Crippen molar-refractivity contribution in [3.05, 3.63) is 28.8 Å². The van der Waals surface area contributed by atoms with Crippen LogP contribution in [0.1, 0.15) is 22.3 Å². The van der Waals surface area contributed by atoms with Crippen LogP contribution >= 0.6 is 11.3 Å². The second-order valence-electron chi connectivity index (χ2n) is 6.15. The molecule has 0 amide bonds. The maximum absolute atomic E-state index is 11.7. The van der Waals surface area contributed by atoms with E-state index < -0.39 is 0 Å². The van der Waals surface area contributed by atoms with Crippen molar-refractivity contribution in [1.82, 2.24) is 9.88 Å². The first-order chi connectivity index (χ1) is 12.6. The Labute approximate surface area is 157 Å². The fraction of sp³-hybridized carbons (Fsp3) is 0.474. The van der Waals surface area contributed by atoms with Crippen LogP contribution in [0.25, 0.3) is 10.6 Å². The summed E-state index contributed by atoms with van der Waals surface area (Å²) in [4.78, 5) is 19.4. The lowest BCUT2D eigenvalue weighted by atomic mass is 10.2. The summed E-state index contributed by atoms with van der Waals surface area (Å²) in [5.74, 6) is 1.37. The summed E-state index contributed by atoms with van der Waals surface area (Å²) in [6.45, 7) is 8.32. The zero-order valence-electron chi connectivity index (χ0n) is 15.4. The van der Waals surface area contributed by atoms with Crippen molar-refractivity contribution in [2.45, 2.75) is 13.8 Å². The van der Waals surface area contributed by atoms with Gasteiger partial charge in [0.25, 0.3) is 0 Å². The van der Waals surface area contributed by atoms with E-state index in [4.69, 9.17) is 14.2 Å². The van der Waals surface area contributed by atoms with Gasteiger partial charge < -0.3 is 14.2 Å². The highest BCUT2D eigenvalue weighted by atomic mass is 32.1. The van der Waals surface area contributed by atoms with Crippen molar-refractivity contribution in [3.63, 3.8) is 0 Å². The number of ether oxygens (including phenoxy) is 3. The molecule has 140 valence electrons. The minimum Gasteiger partial charge on any atom is -0.493 e.